The largest absolute Gasteiger partial charge is 0.456 e. The Labute approximate surface area is 152 Å². The zero-order valence-electron chi connectivity index (χ0n) is 13.6. The van der Waals surface area contributed by atoms with Crippen LogP contribution in [0, 0.1) is 0 Å². The fourth-order valence-electron chi connectivity index (χ4n) is 2.93. The molecule has 1 heterocycles. The van der Waals surface area contributed by atoms with E-state index >= 15 is 0 Å². The number of para-hydroxylation sites is 1. The number of halogens is 3. The number of sulfonamides is 1. The summed E-state index contributed by atoms with van der Waals surface area (Å²) in [6, 6.07) is 15.8. The number of hydrogen-bond donors (Lipinski definition) is 1. The molecule has 0 aliphatic carbocycles. The zero-order valence-corrected chi connectivity index (χ0v) is 14.4. The number of hydrogen-bond acceptors (Lipinski definition) is 3. The second-order valence-corrected chi connectivity index (χ2v) is 7.56. The van der Waals surface area contributed by atoms with Crippen LogP contribution < -0.4 is 4.72 Å². The minimum atomic E-state index is -4.78. The number of benzene rings is 3. The molecule has 4 rings (SSSR count). The van der Waals surface area contributed by atoms with Crippen LogP contribution in [0.2, 0.25) is 0 Å². The second kappa shape index (κ2) is 6.02. The van der Waals surface area contributed by atoms with Gasteiger partial charge in [-0.1, -0.05) is 30.3 Å². The zero-order chi connectivity index (χ0) is 19.2. The Morgan fingerprint density at radius 3 is 2.26 bits per heavy atom. The lowest BCUT2D eigenvalue weighted by Crippen LogP contribution is -2.18. The third-order valence-corrected chi connectivity index (χ3v) is 5.55. The van der Waals surface area contributed by atoms with Crippen molar-refractivity contribution in [2.75, 3.05) is 4.72 Å². The summed E-state index contributed by atoms with van der Waals surface area (Å²) < 4.78 is 72.5. The Morgan fingerprint density at radius 1 is 0.815 bits per heavy atom. The van der Waals surface area contributed by atoms with Crippen LogP contribution >= 0.6 is 0 Å². The van der Waals surface area contributed by atoms with E-state index in [9.17, 15) is 21.6 Å². The van der Waals surface area contributed by atoms with Crippen molar-refractivity contribution in [2.45, 2.75) is 11.1 Å². The number of anilines is 1. The van der Waals surface area contributed by atoms with Crippen molar-refractivity contribution in [3.63, 3.8) is 0 Å². The molecule has 1 aromatic heterocycles. The van der Waals surface area contributed by atoms with Crippen LogP contribution in [0.25, 0.3) is 21.9 Å². The molecule has 0 aliphatic heterocycles. The molecule has 0 aliphatic rings. The fraction of sp³-hybridized carbons (Fsp3) is 0.0526. The molecule has 27 heavy (non-hydrogen) atoms. The molecule has 0 saturated carbocycles. The maximum Gasteiger partial charge on any atom is 0.417 e. The third kappa shape index (κ3) is 3.12. The van der Waals surface area contributed by atoms with Gasteiger partial charge < -0.3 is 4.42 Å². The van der Waals surface area contributed by atoms with Crippen LogP contribution in [-0.2, 0) is 16.2 Å². The first kappa shape index (κ1) is 17.4. The lowest BCUT2D eigenvalue weighted by atomic mass is 10.1. The average Bonchev–Trinajstić information content (AvgIpc) is 2.99. The molecule has 4 nitrogen and oxygen atoms in total. The van der Waals surface area contributed by atoms with Crippen molar-refractivity contribution in [1.82, 2.24) is 0 Å². The highest BCUT2D eigenvalue weighted by Gasteiger charge is 2.36. The molecule has 138 valence electrons. The Hall–Kier alpha value is -3.00. The first-order valence-corrected chi connectivity index (χ1v) is 9.34. The highest BCUT2D eigenvalue weighted by Crippen LogP contribution is 2.35. The lowest BCUT2D eigenvalue weighted by molar-refractivity contribution is -0.139. The molecule has 8 heteroatoms. The van der Waals surface area contributed by atoms with Crippen molar-refractivity contribution >= 4 is 37.6 Å². The first-order valence-electron chi connectivity index (χ1n) is 7.86. The molecule has 0 spiro atoms. The van der Waals surface area contributed by atoms with Gasteiger partial charge in [0.15, 0.2) is 0 Å². The summed E-state index contributed by atoms with van der Waals surface area (Å²) in [5.74, 6) is 0. The molecule has 0 fully saturated rings. The number of nitrogens with one attached hydrogen (secondary N) is 1. The SMILES string of the molecule is O=S(=O)(Nc1ccc2oc3ccccc3c2c1)c1ccccc1C(F)(F)F. The van der Waals surface area contributed by atoms with Crippen LogP contribution in [0.3, 0.4) is 0 Å². The lowest BCUT2D eigenvalue weighted by Gasteiger charge is -2.14. The predicted octanol–water partition coefficient (Wildman–Crippen LogP) is 5.41. The third-order valence-electron chi connectivity index (χ3n) is 4.11. The van der Waals surface area contributed by atoms with Crippen LogP contribution in [0.1, 0.15) is 5.56 Å². The van der Waals surface area contributed by atoms with Crippen molar-refractivity contribution < 1.29 is 26.0 Å². The van der Waals surface area contributed by atoms with E-state index in [1.807, 2.05) is 18.2 Å². The monoisotopic (exact) mass is 391 g/mol. The van der Waals surface area contributed by atoms with Gasteiger partial charge in [0.05, 0.1) is 10.5 Å². The van der Waals surface area contributed by atoms with Gasteiger partial charge in [0, 0.05) is 16.5 Å². The smallest absolute Gasteiger partial charge is 0.417 e. The van der Waals surface area contributed by atoms with Crippen LogP contribution in [-0.4, -0.2) is 8.42 Å². The summed E-state index contributed by atoms with van der Waals surface area (Å²) >= 11 is 0. The van der Waals surface area contributed by atoms with Crippen molar-refractivity contribution in [2.24, 2.45) is 0 Å². The summed E-state index contributed by atoms with van der Waals surface area (Å²) in [5, 5.41) is 1.44. The van der Waals surface area contributed by atoms with E-state index in [2.05, 4.69) is 4.72 Å². The molecular weight excluding hydrogens is 379 g/mol. The van der Waals surface area contributed by atoms with E-state index in [4.69, 9.17) is 4.42 Å². The Morgan fingerprint density at radius 2 is 1.48 bits per heavy atom. The van der Waals surface area contributed by atoms with E-state index in [1.165, 1.54) is 18.2 Å². The van der Waals surface area contributed by atoms with Gasteiger partial charge in [0.2, 0.25) is 0 Å². The average molecular weight is 391 g/mol. The van der Waals surface area contributed by atoms with Gasteiger partial charge in [-0.15, -0.1) is 0 Å². The van der Waals surface area contributed by atoms with Crippen molar-refractivity contribution in [3.05, 3.63) is 72.3 Å². The number of furan rings is 1. The van der Waals surface area contributed by atoms with E-state index < -0.39 is 26.7 Å². The second-order valence-electron chi connectivity index (χ2n) is 5.91. The summed E-state index contributed by atoms with van der Waals surface area (Å²) in [6.45, 7) is 0. The molecule has 3 aromatic carbocycles. The first-order chi connectivity index (χ1) is 12.8. The minimum Gasteiger partial charge on any atom is -0.456 e. The topological polar surface area (TPSA) is 59.3 Å². The Bertz CT molecular complexity index is 1260. The number of rotatable bonds is 3. The summed E-state index contributed by atoms with van der Waals surface area (Å²) in [5.41, 5.74) is 0.114. The van der Waals surface area contributed by atoms with Crippen LogP contribution in [0.4, 0.5) is 18.9 Å². The number of fused-ring (bicyclic) bond motifs is 3. The summed E-state index contributed by atoms with van der Waals surface area (Å²) in [4.78, 5) is -0.824. The quantitative estimate of drug-likeness (QED) is 0.508. The Kier molecular flexibility index (Phi) is 3.88. The van der Waals surface area contributed by atoms with Gasteiger partial charge in [-0.25, -0.2) is 8.42 Å². The highest BCUT2D eigenvalue weighted by molar-refractivity contribution is 7.92. The van der Waals surface area contributed by atoms with Crippen LogP contribution in [0.15, 0.2) is 76.0 Å². The molecular formula is C19H12F3NO3S. The van der Waals surface area contributed by atoms with Gasteiger partial charge in [0.1, 0.15) is 11.2 Å². The maximum absolute atomic E-state index is 13.2. The van der Waals surface area contributed by atoms with Gasteiger partial charge >= 0.3 is 6.18 Å². The highest BCUT2D eigenvalue weighted by atomic mass is 32.2. The molecule has 4 aromatic rings. The van der Waals surface area contributed by atoms with E-state index in [1.54, 1.807) is 12.1 Å². The van der Waals surface area contributed by atoms with Crippen LogP contribution in [0.5, 0.6) is 0 Å². The van der Waals surface area contributed by atoms with Gasteiger partial charge in [-0.3, -0.25) is 4.72 Å². The predicted molar refractivity (Wildman–Crippen MR) is 96.0 cm³/mol. The molecule has 0 saturated heterocycles. The van der Waals surface area contributed by atoms with Gasteiger partial charge in [0.25, 0.3) is 10.0 Å². The molecule has 0 atom stereocenters. The number of alkyl halides is 3. The van der Waals surface area contributed by atoms with Gasteiger partial charge in [-0.05, 0) is 36.4 Å². The standard InChI is InChI=1S/C19H12F3NO3S/c20-19(21,22)15-6-2-4-8-18(15)27(24,25)23-12-9-10-17-14(11-12)13-5-1-3-7-16(13)26-17/h1-11,23H. The minimum absolute atomic E-state index is 0.144. The van der Waals surface area contributed by atoms with E-state index in [0.717, 1.165) is 23.6 Å². The van der Waals surface area contributed by atoms with Crippen molar-refractivity contribution in [3.8, 4) is 0 Å². The van der Waals surface area contributed by atoms with Gasteiger partial charge in [-0.2, -0.15) is 13.2 Å². The molecule has 0 bridgehead atoms. The Balaban J connectivity index is 1.79. The van der Waals surface area contributed by atoms with E-state index in [0.29, 0.717) is 16.6 Å². The normalized spacial score (nSPS) is 12.6. The fourth-order valence-corrected chi connectivity index (χ4v) is 4.21. The van der Waals surface area contributed by atoms with E-state index in [-0.39, 0.29) is 5.69 Å². The molecule has 0 unspecified atom stereocenters. The molecule has 0 amide bonds. The summed E-state index contributed by atoms with van der Waals surface area (Å²) in [7, 11) is -4.43. The van der Waals surface area contributed by atoms with Crippen molar-refractivity contribution in [1.29, 1.82) is 0 Å². The maximum atomic E-state index is 13.2. The molecule has 0 radical (unpaired) electrons. The molecule has 1 N–H and O–H groups in total. The summed E-state index contributed by atoms with van der Waals surface area (Å²) in [6.07, 6.45) is -4.78.